The molecule has 2 heteroatoms. The third-order valence-corrected chi connectivity index (χ3v) is 1.13. The normalized spacial score (nSPS) is 12.2. The third-order valence-electron chi connectivity index (χ3n) is 1.13. The maximum Gasteiger partial charge on any atom is 0.113 e. The van der Waals surface area contributed by atoms with Crippen molar-refractivity contribution in [1.29, 1.82) is 5.26 Å². The van der Waals surface area contributed by atoms with E-state index in [4.69, 9.17) is 5.26 Å². The monoisotopic (exact) mass is 127 g/mol. The van der Waals surface area contributed by atoms with E-state index in [9.17, 15) is 4.39 Å². The highest BCUT2D eigenvalue weighted by molar-refractivity contribution is 5.23. The van der Waals surface area contributed by atoms with E-state index in [1.54, 1.807) is 13.8 Å². The molecular weight excluding hydrogens is 117 g/mol. The van der Waals surface area contributed by atoms with Crippen molar-refractivity contribution >= 4 is 0 Å². The molecule has 9 heavy (non-hydrogen) atoms. The minimum Gasteiger partial charge on any atom is -0.211 e. The Kier molecular flexibility index (Phi) is 3.70. The molecule has 0 aliphatic heterocycles. The molecule has 0 saturated heterocycles. The quantitative estimate of drug-likeness (QED) is 0.523. The lowest BCUT2D eigenvalue weighted by Crippen LogP contribution is -1.79. The smallest absolute Gasteiger partial charge is 0.113 e. The van der Waals surface area contributed by atoms with Gasteiger partial charge in [0.25, 0.3) is 0 Å². The summed E-state index contributed by atoms with van der Waals surface area (Å²) in [6.45, 7) is 3.47. The van der Waals surface area contributed by atoms with Gasteiger partial charge in [0.1, 0.15) is 5.83 Å². The minimum atomic E-state index is -0.278. The maximum atomic E-state index is 12.5. The molecule has 50 valence electrons. The average molecular weight is 127 g/mol. The molecule has 0 bridgehead atoms. The Hall–Kier alpha value is -0.840. The summed E-state index contributed by atoms with van der Waals surface area (Å²) in [4.78, 5) is 0. The molecule has 0 rings (SSSR count). The molecular formula is C7H10FN. The Bertz CT molecular complexity index is 153. The summed E-state index contributed by atoms with van der Waals surface area (Å²) < 4.78 is 12.5. The van der Waals surface area contributed by atoms with E-state index in [-0.39, 0.29) is 11.4 Å². The van der Waals surface area contributed by atoms with Crippen molar-refractivity contribution in [3.8, 4) is 6.07 Å². The molecule has 0 aromatic carbocycles. The van der Waals surface area contributed by atoms with Gasteiger partial charge in [0.05, 0.1) is 11.6 Å². The summed E-state index contributed by atoms with van der Waals surface area (Å²) in [6.07, 6.45) is 0.826. The van der Waals surface area contributed by atoms with Crippen LogP contribution in [0.3, 0.4) is 0 Å². The molecule has 0 atom stereocenters. The van der Waals surface area contributed by atoms with Crippen molar-refractivity contribution in [2.45, 2.75) is 26.7 Å². The Morgan fingerprint density at radius 3 is 2.11 bits per heavy atom. The molecule has 0 radical (unpaired) electrons. The first kappa shape index (κ1) is 8.16. The first-order valence-electron chi connectivity index (χ1n) is 3.03. The highest BCUT2D eigenvalue weighted by atomic mass is 19.1. The second-order valence-electron chi connectivity index (χ2n) is 1.70. The molecule has 0 amide bonds. The molecule has 0 saturated carbocycles. The van der Waals surface area contributed by atoms with Crippen molar-refractivity contribution in [2.24, 2.45) is 0 Å². The van der Waals surface area contributed by atoms with E-state index in [2.05, 4.69) is 0 Å². The predicted octanol–water partition coefficient (Wildman–Crippen LogP) is 2.55. The van der Waals surface area contributed by atoms with Crippen LogP contribution in [0.25, 0.3) is 0 Å². The number of nitriles is 1. The zero-order chi connectivity index (χ0) is 7.28. The Labute approximate surface area is 54.8 Å². The third kappa shape index (κ3) is 2.27. The van der Waals surface area contributed by atoms with Gasteiger partial charge in [-0.1, -0.05) is 13.8 Å². The molecule has 0 aromatic heterocycles. The predicted molar refractivity (Wildman–Crippen MR) is 34.3 cm³/mol. The number of hydrogen-bond acceptors (Lipinski definition) is 1. The lowest BCUT2D eigenvalue weighted by atomic mass is 10.2. The zero-order valence-corrected chi connectivity index (χ0v) is 5.74. The molecule has 1 nitrogen and oxygen atoms in total. The van der Waals surface area contributed by atoms with Crippen LogP contribution in [0.2, 0.25) is 0 Å². The number of hydrogen-bond donors (Lipinski definition) is 0. The molecule has 0 heterocycles. The van der Waals surface area contributed by atoms with Gasteiger partial charge in [-0.3, -0.25) is 0 Å². The standard InChI is InChI=1S/C7H10FN/c1-3-6(5-9)7(8)4-2/h3-4H2,1-2H3/b7-6-. The molecule has 0 unspecified atom stereocenters. The first-order chi connectivity index (χ1) is 4.26. The van der Waals surface area contributed by atoms with Crippen molar-refractivity contribution in [3.05, 3.63) is 11.4 Å². The number of rotatable bonds is 2. The van der Waals surface area contributed by atoms with Gasteiger partial charge in [0.15, 0.2) is 0 Å². The fourth-order valence-electron chi connectivity index (χ4n) is 0.545. The van der Waals surface area contributed by atoms with Gasteiger partial charge in [0.2, 0.25) is 0 Å². The lowest BCUT2D eigenvalue weighted by Gasteiger charge is -1.92. The fourth-order valence-corrected chi connectivity index (χ4v) is 0.545. The van der Waals surface area contributed by atoms with E-state index in [0.29, 0.717) is 12.8 Å². The van der Waals surface area contributed by atoms with Crippen LogP contribution < -0.4 is 0 Å². The highest BCUT2D eigenvalue weighted by Crippen LogP contribution is 2.11. The average Bonchev–Trinajstić information content (AvgIpc) is 1.90. The van der Waals surface area contributed by atoms with E-state index in [1.165, 1.54) is 0 Å². The van der Waals surface area contributed by atoms with Gasteiger partial charge in [-0.25, -0.2) is 4.39 Å². The molecule has 0 fully saturated rings. The number of nitrogens with zero attached hydrogens (tertiary/aromatic N) is 1. The van der Waals surface area contributed by atoms with E-state index in [0.717, 1.165) is 0 Å². The second-order valence-corrected chi connectivity index (χ2v) is 1.70. The van der Waals surface area contributed by atoms with Crippen molar-refractivity contribution in [2.75, 3.05) is 0 Å². The Morgan fingerprint density at radius 2 is 2.00 bits per heavy atom. The molecule has 0 aliphatic rings. The summed E-state index contributed by atoms with van der Waals surface area (Å²) >= 11 is 0. The van der Waals surface area contributed by atoms with Crippen LogP contribution in [0.15, 0.2) is 11.4 Å². The van der Waals surface area contributed by atoms with Crippen LogP contribution in [0.4, 0.5) is 4.39 Å². The fraction of sp³-hybridized carbons (Fsp3) is 0.571. The molecule has 0 aliphatic carbocycles. The van der Waals surface area contributed by atoms with E-state index in [1.807, 2.05) is 6.07 Å². The minimum absolute atomic E-state index is 0.275. The van der Waals surface area contributed by atoms with Crippen LogP contribution in [0, 0.1) is 11.3 Å². The second kappa shape index (κ2) is 4.08. The van der Waals surface area contributed by atoms with Crippen molar-refractivity contribution < 1.29 is 4.39 Å². The van der Waals surface area contributed by atoms with Crippen LogP contribution in [-0.4, -0.2) is 0 Å². The van der Waals surface area contributed by atoms with Gasteiger partial charge < -0.3 is 0 Å². The zero-order valence-electron chi connectivity index (χ0n) is 5.74. The number of halogens is 1. The summed E-state index contributed by atoms with van der Waals surface area (Å²) in [5.41, 5.74) is 0.275. The molecule has 0 N–H and O–H groups in total. The SMILES string of the molecule is CC/C(F)=C(/C#N)CC. The Morgan fingerprint density at radius 1 is 1.44 bits per heavy atom. The van der Waals surface area contributed by atoms with Gasteiger partial charge in [-0.05, 0) is 12.8 Å². The summed E-state index contributed by atoms with van der Waals surface area (Å²) in [5.74, 6) is -0.278. The molecule has 0 spiro atoms. The Balaban J connectivity index is 4.24. The maximum absolute atomic E-state index is 12.5. The summed E-state index contributed by atoms with van der Waals surface area (Å²) in [7, 11) is 0. The number of allylic oxidation sites excluding steroid dienone is 2. The van der Waals surface area contributed by atoms with Crippen LogP contribution in [-0.2, 0) is 0 Å². The van der Waals surface area contributed by atoms with Crippen LogP contribution in [0.5, 0.6) is 0 Å². The topological polar surface area (TPSA) is 23.8 Å². The van der Waals surface area contributed by atoms with Gasteiger partial charge in [-0.2, -0.15) is 5.26 Å². The molecule has 0 aromatic rings. The van der Waals surface area contributed by atoms with Crippen molar-refractivity contribution in [1.82, 2.24) is 0 Å². The van der Waals surface area contributed by atoms with Crippen molar-refractivity contribution in [3.63, 3.8) is 0 Å². The van der Waals surface area contributed by atoms with Crippen LogP contribution >= 0.6 is 0 Å². The van der Waals surface area contributed by atoms with Gasteiger partial charge >= 0.3 is 0 Å². The van der Waals surface area contributed by atoms with Gasteiger partial charge in [0, 0.05) is 0 Å². The van der Waals surface area contributed by atoms with Crippen LogP contribution in [0.1, 0.15) is 26.7 Å². The first-order valence-corrected chi connectivity index (χ1v) is 3.03. The summed E-state index contributed by atoms with van der Waals surface area (Å²) in [6, 6.07) is 1.81. The summed E-state index contributed by atoms with van der Waals surface area (Å²) in [5, 5.41) is 8.28. The largest absolute Gasteiger partial charge is 0.211 e. The highest BCUT2D eigenvalue weighted by Gasteiger charge is 1.98. The lowest BCUT2D eigenvalue weighted by molar-refractivity contribution is 0.592. The van der Waals surface area contributed by atoms with E-state index >= 15 is 0 Å². The van der Waals surface area contributed by atoms with Gasteiger partial charge in [-0.15, -0.1) is 0 Å². The van der Waals surface area contributed by atoms with E-state index < -0.39 is 0 Å².